The average Bonchev–Trinajstić information content (AvgIpc) is 3.81. The molecule has 12 nitrogen and oxygen atoms in total. The van der Waals surface area contributed by atoms with Gasteiger partial charge in [-0.15, -0.1) is 0 Å². The van der Waals surface area contributed by atoms with E-state index in [1.165, 1.54) is 5.56 Å². The monoisotopic (exact) mass is 929 g/mol. The number of benzene rings is 5. The van der Waals surface area contributed by atoms with Crippen molar-refractivity contribution < 1.29 is 41.2 Å². The van der Waals surface area contributed by atoms with E-state index >= 15 is 0 Å². The molecular weight excluding hydrogens is 875 g/mol. The summed E-state index contributed by atoms with van der Waals surface area (Å²) in [5.41, 5.74) is 9.11. The minimum absolute atomic E-state index is 0.0455. The first-order valence-electron chi connectivity index (χ1n) is 22.4. The van der Waals surface area contributed by atoms with Gasteiger partial charge in [-0.2, -0.15) is 21.0 Å². The Balaban J connectivity index is 1.000. The van der Waals surface area contributed by atoms with E-state index in [4.69, 9.17) is 18.4 Å². The van der Waals surface area contributed by atoms with E-state index < -0.39 is 21.4 Å². The van der Waals surface area contributed by atoms with E-state index in [1.807, 2.05) is 92.4 Å². The van der Waals surface area contributed by atoms with Gasteiger partial charge in [0.2, 0.25) is 5.91 Å². The molecule has 3 atom stereocenters. The summed E-state index contributed by atoms with van der Waals surface area (Å²) in [6.45, 7) is 6.03. The molecule has 66 heavy (non-hydrogen) atoms. The smallest absolute Gasteiger partial charge is 0.272 e. The van der Waals surface area contributed by atoms with Gasteiger partial charge in [-0.25, -0.2) is 0 Å². The molecule has 4 heterocycles. The predicted molar refractivity (Wildman–Crippen MR) is 258 cm³/mol. The van der Waals surface area contributed by atoms with Crippen LogP contribution in [0.5, 0.6) is 17.2 Å². The van der Waals surface area contributed by atoms with Crippen LogP contribution in [0.4, 0.5) is 17.1 Å². The molecule has 0 bridgehead atoms. The van der Waals surface area contributed by atoms with E-state index in [0.717, 1.165) is 47.9 Å². The Labute approximate surface area is 392 Å². The molecule has 0 saturated heterocycles. The van der Waals surface area contributed by atoms with Gasteiger partial charge >= 0.3 is 0 Å². The normalized spacial score (nSPS) is 18.6. The molecule has 0 fully saturated rings. The molecule has 0 aromatic heterocycles. The van der Waals surface area contributed by atoms with Crippen molar-refractivity contribution in [3.8, 4) is 17.2 Å². The van der Waals surface area contributed by atoms with Crippen LogP contribution in [0.3, 0.4) is 0 Å². The Hall–Kier alpha value is -5.83. The standard InChI is InChI=1S/C52H55N3O9S2/c1-31-19-40-37(27-48(66(59,60)62-6)44-24-36-12-8-10-14-43(36)55(44)51(40)58)26-45(31)63-29-32-20-33(22-39(21-32)53(4)49(56)17-18-52(2,3)65)30-64-47-25-34-15-16-38-23-35-11-7-9-13-42(35)54(38)50(57)41(34)28-46(47)61-5/h7-14,19-22,25-26,28,38,44,48,65H,15-18,23-24,27,29-30H2,1-6H3/t38-,44+,48?/m1/s1. The molecule has 0 N–H and O–H groups in total. The lowest BCUT2D eigenvalue weighted by Gasteiger charge is -2.28. The van der Waals surface area contributed by atoms with Crippen LogP contribution >= 0.6 is 12.6 Å². The maximum Gasteiger partial charge on any atom is 0.272 e. The fraction of sp³-hybridized carbons (Fsp3) is 0.365. The molecule has 1 unspecified atom stereocenters. The topological polar surface area (TPSA) is 132 Å². The number of methoxy groups -OCH3 is 1. The van der Waals surface area contributed by atoms with Crippen molar-refractivity contribution in [2.75, 3.05) is 36.0 Å². The van der Waals surface area contributed by atoms with Gasteiger partial charge in [-0.1, -0.05) is 50.2 Å². The average molecular weight is 930 g/mol. The number of carbonyl (C=O) groups is 3. The number of aryl methyl sites for hydroxylation is 2. The fourth-order valence-corrected chi connectivity index (χ4v) is 11.3. The fourth-order valence-electron chi connectivity index (χ4n) is 9.97. The van der Waals surface area contributed by atoms with Gasteiger partial charge in [0.15, 0.2) is 11.5 Å². The first-order chi connectivity index (χ1) is 31.5. The number of thiol groups is 1. The lowest BCUT2D eigenvalue weighted by atomic mass is 9.97. The van der Waals surface area contributed by atoms with Crippen molar-refractivity contribution in [2.24, 2.45) is 0 Å². The Morgan fingerprint density at radius 2 is 1.36 bits per heavy atom. The van der Waals surface area contributed by atoms with Crippen LogP contribution in [0.15, 0.2) is 91.0 Å². The van der Waals surface area contributed by atoms with Gasteiger partial charge in [0.25, 0.3) is 21.9 Å². The molecule has 5 aromatic carbocycles. The maximum atomic E-state index is 14.3. The molecule has 0 radical (unpaired) electrons. The summed E-state index contributed by atoms with van der Waals surface area (Å²) in [5, 5.41) is -1.01. The van der Waals surface area contributed by atoms with Crippen LogP contribution in [-0.4, -0.2) is 69.5 Å². The number of carbonyl (C=O) groups excluding carboxylic acids is 3. The molecule has 0 saturated carbocycles. The van der Waals surface area contributed by atoms with Crippen molar-refractivity contribution in [2.45, 2.75) is 101 Å². The molecule has 0 aliphatic carbocycles. The van der Waals surface area contributed by atoms with Crippen LogP contribution in [0.2, 0.25) is 0 Å². The Morgan fingerprint density at radius 1 is 0.758 bits per heavy atom. The number of amides is 3. The second-order valence-electron chi connectivity index (χ2n) is 18.5. The zero-order valence-electron chi connectivity index (χ0n) is 38.1. The van der Waals surface area contributed by atoms with Crippen molar-refractivity contribution in [1.82, 2.24) is 0 Å². The Kier molecular flexibility index (Phi) is 12.2. The SMILES string of the molecule is COc1cc2c(cc1OCc1cc(COc3cc4c(cc3C)C(=O)N3c5ccccc5C[C@H]3C(S(=O)(=O)OC)C4)cc(N(C)C(=O)CCC(C)(C)S)c1)CC[C@@H]1Cc3ccccc3N1C2=O. The summed E-state index contributed by atoms with van der Waals surface area (Å²) in [7, 11) is 0.410. The maximum absolute atomic E-state index is 14.3. The minimum atomic E-state index is -4.06. The quantitative estimate of drug-likeness (QED) is 0.0911. The first kappa shape index (κ1) is 45.3. The molecule has 0 spiro atoms. The number of hydrogen-bond donors (Lipinski definition) is 1. The summed E-state index contributed by atoms with van der Waals surface area (Å²) in [4.78, 5) is 47.2. The van der Waals surface area contributed by atoms with Crippen molar-refractivity contribution in [3.63, 3.8) is 0 Å². The van der Waals surface area contributed by atoms with Crippen LogP contribution in [-0.2, 0) is 58.0 Å². The van der Waals surface area contributed by atoms with Crippen LogP contribution in [0.25, 0.3) is 0 Å². The molecule has 3 amide bonds. The second kappa shape index (κ2) is 17.8. The molecular formula is C52H55N3O9S2. The van der Waals surface area contributed by atoms with E-state index in [1.54, 1.807) is 42.2 Å². The number of ether oxygens (including phenoxy) is 3. The largest absolute Gasteiger partial charge is 0.493 e. The summed E-state index contributed by atoms with van der Waals surface area (Å²) in [6.07, 6.45) is 3.67. The third kappa shape index (κ3) is 8.66. The summed E-state index contributed by atoms with van der Waals surface area (Å²) in [5.74, 6) is 1.06. The molecule has 4 aliphatic rings. The molecule has 344 valence electrons. The van der Waals surface area contributed by atoms with Gasteiger partial charge in [-0.3, -0.25) is 18.6 Å². The van der Waals surface area contributed by atoms with Crippen LogP contribution in [0.1, 0.15) is 92.8 Å². The zero-order valence-corrected chi connectivity index (χ0v) is 39.8. The van der Waals surface area contributed by atoms with Gasteiger partial charge in [0, 0.05) is 52.4 Å². The van der Waals surface area contributed by atoms with Crippen molar-refractivity contribution in [3.05, 3.63) is 141 Å². The van der Waals surface area contributed by atoms with E-state index in [2.05, 4.69) is 18.7 Å². The highest BCUT2D eigenvalue weighted by Gasteiger charge is 2.47. The third-order valence-corrected chi connectivity index (χ3v) is 15.4. The Morgan fingerprint density at radius 3 is 2.03 bits per heavy atom. The molecule has 5 aromatic rings. The minimum Gasteiger partial charge on any atom is -0.493 e. The second-order valence-corrected chi connectivity index (χ2v) is 21.6. The summed E-state index contributed by atoms with van der Waals surface area (Å²) >= 11 is 4.64. The Bertz CT molecular complexity index is 2870. The van der Waals surface area contributed by atoms with E-state index in [9.17, 15) is 22.8 Å². The first-order valence-corrected chi connectivity index (χ1v) is 24.3. The number of hydrogen-bond acceptors (Lipinski definition) is 10. The summed E-state index contributed by atoms with van der Waals surface area (Å²) < 4.78 is 50.7. The predicted octanol–water partition coefficient (Wildman–Crippen LogP) is 8.60. The van der Waals surface area contributed by atoms with Gasteiger partial charge in [-0.05, 0) is 139 Å². The third-order valence-electron chi connectivity index (χ3n) is 13.5. The highest BCUT2D eigenvalue weighted by Crippen LogP contribution is 2.43. The molecule has 14 heteroatoms. The van der Waals surface area contributed by atoms with Crippen LogP contribution in [0, 0.1) is 6.92 Å². The van der Waals surface area contributed by atoms with Gasteiger partial charge in [0.1, 0.15) is 24.2 Å². The van der Waals surface area contributed by atoms with Crippen molar-refractivity contribution in [1.29, 1.82) is 0 Å². The number of rotatable bonds is 13. The number of anilines is 3. The highest BCUT2D eigenvalue weighted by atomic mass is 32.2. The van der Waals surface area contributed by atoms with E-state index in [0.29, 0.717) is 76.6 Å². The van der Waals surface area contributed by atoms with Crippen molar-refractivity contribution >= 4 is 57.5 Å². The highest BCUT2D eigenvalue weighted by molar-refractivity contribution is 7.87. The van der Waals surface area contributed by atoms with Gasteiger partial charge in [0.05, 0.1) is 20.3 Å². The lowest BCUT2D eigenvalue weighted by Crippen LogP contribution is -2.47. The summed E-state index contributed by atoms with van der Waals surface area (Å²) in [6, 6.07) is 28.1. The molecule has 4 aliphatic heterocycles. The number of fused-ring (bicyclic) bond motifs is 8. The number of nitrogens with zero attached hydrogens (tertiary/aromatic N) is 3. The van der Waals surface area contributed by atoms with Gasteiger partial charge < -0.3 is 28.9 Å². The number of para-hydroxylation sites is 2. The lowest BCUT2D eigenvalue weighted by molar-refractivity contribution is -0.118. The zero-order chi connectivity index (χ0) is 46.7. The molecule has 9 rings (SSSR count). The van der Waals surface area contributed by atoms with E-state index in [-0.39, 0.29) is 48.1 Å². The van der Waals surface area contributed by atoms with Crippen LogP contribution < -0.4 is 28.9 Å².